The van der Waals surface area contributed by atoms with Gasteiger partial charge in [-0.25, -0.2) is 0 Å². The van der Waals surface area contributed by atoms with Crippen molar-refractivity contribution in [2.75, 3.05) is 0 Å². The van der Waals surface area contributed by atoms with Crippen molar-refractivity contribution in [3.63, 3.8) is 0 Å². The number of hydrogen-bond donors (Lipinski definition) is 1. The summed E-state index contributed by atoms with van der Waals surface area (Å²) in [6, 6.07) is 0. The first kappa shape index (κ1) is 12.1. The highest BCUT2D eigenvalue weighted by atomic mass is 19.4. The van der Waals surface area contributed by atoms with Crippen LogP contribution >= 0.6 is 0 Å². The van der Waals surface area contributed by atoms with Crippen molar-refractivity contribution in [3.05, 3.63) is 22.6 Å². The van der Waals surface area contributed by atoms with Crippen molar-refractivity contribution < 1.29 is 17.6 Å². The van der Waals surface area contributed by atoms with Gasteiger partial charge in [-0.3, -0.25) is 0 Å². The molecule has 0 atom stereocenters. The van der Waals surface area contributed by atoms with Gasteiger partial charge in [-0.15, -0.1) is 0 Å². The van der Waals surface area contributed by atoms with E-state index in [1.807, 2.05) is 13.8 Å². The lowest BCUT2D eigenvalue weighted by atomic mass is 9.98. The van der Waals surface area contributed by atoms with Gasteiger partial charge in [0.2, 0.25) is 5.76 Å². The molecule has 0 unspecified atom stereocenters. The second-order valence-electron chi connectivity index (χ2n) is 3.74. The maximum Gasteiger partial charge on any atom is 0.449 e. The molecule has 0 saturated heterocycles. The van der Waals surface area contributed by atoms with Crippen molar-refractivity contribution in [2.45, 2.75) is 39.4 Å². The molecule has 5 heteroatoms. The molecule has 86 valence electrons. The third-order valence-electron chi connectivity index (χ3n) is 2.27. The maximum atomic E-state index is 12.5. The summed E-state index contributed by atoms with van der Waals surface area (Å²) >= 11 is 0. The molecular formula is C10H14F3NO. The highest BCUT2D eigenvalue weighted by Gasteiger charge is 2.39. The number of halogens is 3. The van der Waals surface area contributed by atoms with E-state index in [1.165, 1.54) is 6.92 Å². The first-order chi connectivity index (χ1) is 6.79. The highest BCUT2D eigenvalue weighted by Crippen LogP contribution is 2.38. The summed E-state index contributed by atoms with van der Waals surface area (Å²) in [4.78, 5) is 0. The van der Waals surface area contributed by atoms with E-state index in [0.717, 1.165) is 0 Å². The second-order valence-corrected chi connectivity index (χ2v) is 3.74. The van der Waals surface area contributed by atoms with Crippen LogP contribution in [0.25, 0.3) is 0 Å². The molecule has 0 bridgehead atoms. The van der Waals surface area contributed by atoms with Crippen molar-refractivity contribution in [2.24, 2.45) is 5.73 Å². The molecule has 2 nitrogen and oxygen atoms in total. The Kier molecular flexibility index (Phi) is 3.13. The first-order valence-corrected chi connectivity index (χ1v) is 4.68. The van der Waals surface area contributed by atoms with Gasteiger partial charge in [0.1, 0.15) is 5.76 Å². The minimum atomic E-state index is -4.47. The van der Waals surface area contributed by atoms with Crippen LogP contribution in [0.2, 0.25) is 0 Å². The lowest BCUT2D eigenvalue weighted by molar-refractivity contribution is -0.154. The Labute approximate surface area is 86.3 Å². The normalized spacial score (nSPS) is 12.5. The molecule has 15 heavy (non-hydrogen) atoms. The summed E-state index contributed by atoms with van der Waals surface area (Å²) in [5.41, 5.74) is 5.99. The van der Waals surface area contributed by atoms with Gasteiger partial charge in [-0.2, -0.15) is 13.2 Å². The zero-order valence-electron chi connectivity index (χ0n) is 8.90. The topological polar surface area (TPSA) is 39.2 Å². The smallest absolute Gasteiger partial charge is 0.449 e. The molecule has 1 heterocycles. The Morgan fingerprint density at radius 2 is 1.87 bits per heavy atom. The van der Waals surface area contributed by atoms with Gasteiger partial charge >= 0.3 is 6.18 Å². The van der Waals surface area contributed by atoms with E-state index in [0.29, 0.717) is 11.3 Å². The van der Waals surface area contributed by atoms with E-state index in [4.69, 9.17) is 10.2 Å². The van der Waals surface area contributed by atoms with Gasteiger partial charge in [0.15, 0.2) is 0 Å². The lowest BCUT2D eigenvalue weighted by Crippen LogP contribution is -2.11. The van der Waals surface area contributed by atoms with E-state index in [9.17, 15) is 13.2 Å². The Morgan fingerprint density at radius 1 is 1.33 bits per heavy atom. The Bertz CT molecular complexity index is 352. The number of furan rings is 1. The van der Waals surface area contributed by atoms with Crippen molar-refractivity contribution >= 4 is 0 Å². The van der Waals surface area contributed by atoms with Crippen LogP contribution < -0.4 is 5.73 Å². The van der Waals surface area contributed by atoms with Crippen molar-refractivity contribution in [1.82, 2.24) is 0 Å². The summed E-state index contributed by atoms with van der Waals surface area (Å²) in [7, 11) is 0. The first-order valence-electron chi connectivity index (χ1n) is 4.68. The van der Waals surface area contributed by atoms with Crippen molar-refractivity contribution in [3.8, 4) is 0 Å². The number of alkyl halides is 3. The Hall–Kier alpha value is -0.970. The molecule has 0 radical (unpaired) electrons. The summed E-state index contributed by atoms with van der Waals surface area (Å²) in [5, 5.41) is 0. The van der Waals surface area contributed by atoms with Crippen LogP contribution in [0.3, 0.4) is 0 Å². The maximum absolute atomic E-state index is 12.5. The molecule has 1 rings (SSSR count). The molecule has 0 aliphatic carbocycles. The summed E-state index contributed by atoms with van der Waals surface area (Å²) in [5.74, 6) is -0.674. The molecule has 1 aromatic heterocycles. The van der Waals surface area contributed by atoms with E-state index in [-0.39, 0.29) is 18.0 Å². The van der Waals surface area contributed by atoms with Gasteiger partial charge < -0.3 is 10.2 Å². The van der Waals surface area contributed by atoms with Crippen LogP contribution in [0.5, 0.6) is 0 Å². The Morgan fingerprint density at radius 3 is 2.20 bits per heavy atom. The number of nitrogens with two attached hydrogens (primary N) is 1. The molecule has 0 aromatic carbocycles. The van der Waals surface area contributed by atoms with Crippen LogP contribution in [-0.2, 0) is 12.7 Å². The molecule has 0 saturated carbocycles. The van der Waals surface area contributed by atoms with Crippen LogP contribution in [-0.4, -0.2) is 0 Å². The van der Waals surface area contributed by atoms with E-state index < -0.39 is 11.9 Å². The van der Waals surface area contributed by atoms with Gasteiger partial charge in [-0.05, 0) is 12.8 Å². The Balaban J connectivity index is 3.38. The van der Waals surface area contributed by atoms with E-state index in [2.05, 4.69) is 0 Å². The summed E-state index contributed by atoms with van der Waals surface area (Å²) in [6.07, 6.45) is -4.47. The predicted molar refractivity (Wildman–Crippen MR) is 50.4 cm³/mol. The molecule has 0 aliphatic rings. The largest absolute Gasteiger partial charge is 0.456 e. The average molecular weight is 221 g/mol. The van der Waals surface area contributed by atoms with Gasteiger partial charge in [0, 0.05) is 17.7 Å². The molecule has 0 aliphatic heterocycles. The highest BCUT2D eigenvalue weighted by molar-refractivity contribution is 5.36. The lowest BCUT2D eigenvalue weighted by Gasteiger charge is -2.08. The third kappa shape index (κ3) is 2.17. The third-order valence-corrected chi connectivity index (χ3v) is 2.27. The fourth-order valence-electron chi connectivity index (χ4n) is 1.79. The van der Waals surface area contributed by atoms with Gasteiger partial charge in [0.25, 0.3) is 0 Å². The monoisotopic (exact) mass is 221 g/mol. The zero-order valence-corrected chi connectivity index (χ0v) is 8.90. The SMILES string of the molecule is Cc1oc(C(F)(F)F)c(CN)c1C(C)C. The molecule has 1 aromatic rings. The van der Waals surface area contributed by atoms with Crippen LogP contribution in [0.15, 0.2) is 4.42 Å². The van der Waals surface area contributed by atoms with Crippen molar-refractivity contribution in [1.29, 1.82) is 0 Å². The zero-order chi connectivity index (χ0) is 11.8. The standard InChI is InChI=1S/C10H14F3NO/c1-5(2)8-6(3)15-9(7(8)4-14)10(11,12)13/h5H,4,14H2,1-3H3. The fourth-order valence-corrected chi connectivity index (χ4v) is 1.79. The number of rotatable bonds is 2. The molecule has 0 amide bonds. The minimum Gasteiger partial charge on any atom is -0.456 e. The molecule has 0 fully saturated rings. The predicted octanol–water partition coefficient (Wildman–Crippen LogP) is 3.19. The summed E-state index contributed by atoms with van der Waals surface area (Å²) < 4.78 is 42.4. The van der Waals surface area contributed by atoms with Crippen LogP contribution in [0, 0.1) is 6.92 Å². The number of hydrogen-bond acceptors (Lipinski definition) is 2. The minimum absolute atomic E-state index is 0.0246. The van der Waals surface area contributed by atoms with Gasteiger partial charge in [-0.1, -0.05) is 13.8 Å². The number of aryl methyl sites for hydroxylation is 1. The quantitative estimate of drug-likeness (QED) is 0.832. The molecule has 0 spiro atoms. The average Bonchev–Trinajstić information content (AvgIpc) is 2.41. The second kappa shape index (κ2) is 3.89. The van der Waals surface area contributed by atoms with Crippen LogP contribution in [0.1, 0.15) is 42.4 Å². The molecular weight excluding hydrogens is 207 g/mol. The van der Waals surface area contributed by atoms with Gasteiger partial charge in [0.05, 0.1) is 0 Å². The molecule has 2 N–H and O–H groups in total. The van der Waals surface area contributed by atoms with E-state index >= 15 is 0 Å². The van der Waals surface area contributed by atoms with E-state index in [1.54, 1.807) is 0 Å². The summed E-state index contributed by atoms with van der Waals surface area (Å²) in [6.45, 7) is 5.01. The fraction of sp³-hybridized carbons (Fsp3) is 0.600. The van der Waals surface area contributed by atoms with Crippen LogP contribution in [0.4, 0.5) is 13.2 Å².